The Morgan fingerprint density at radius 1 is 1.43 bits per heavy atom. The van der Waals surface area contributed by atoms with Gasteiger partial charge in [0.05, 0.1) is 5.69 Å². The number of nitrogens with one attached hydrogen (secondary N) is 1. The third kappa shape index (κ3) is 3.50. The average molecular weight is 196 g/mol. The van der Waals surface area contributed by atoms with Gasteiger partial charge in [0.25, 0.3) is 0 Å². The van der Waals surface area contributed by atoms with Gasteiger partial charge in [-0.1, -0.05) is 19.0 Å². The molecule has 0 aliphatic carbocycles. The van der Waals surface area contributed by atoms with E-state index in [1.54, 1.807) is 0 Å². The van der Waals surface area contributed by atoms with E-state index in [9.17, 15) is 0 Å². The molecular weight excluding hydrogens is 176 g/mol. The van der Waals surface area contributed by atoms with Crippen LogP contribution in [0.5, 0.6) is 0 Å². The largest absolute Gasteiger partial charge is 0.361 e. The van der Waals surface area contributed by atoms with Gasteiger partial charge in [-0.3, -0.25) is 0 Å². The molecule has 1 aromatic rings. The van der Waals surface area contributed by atoms with Gasteiger partial charge in [-0.25, -0.2) is 0 Å². The first-order valence-corrected chi connectivity index (χ1v) is 5.09. The van der Waals surface area contributed by atoms with Crippen molar-refractivity contribution in [1.29, 1.82) is 0 Å². The van der Waals surface area contributed by atoms with Crippen LogP contribution in [0.25, 0.3) is 0 Å². The number of aromatic nitrogens is 1. The minimum atomic E-state index is 0.122. The van der Waals surface area contributed by atoms with Crippen LogP contribution in [0.3, 0.4) is 0 Å². The van der Waals surface area contributed by atoms with E-state index in [-0.39, 0.29) is 5.54 Å². The van der Waals surface area contributed by atoms with Crippen LogP contribution in [-0.2, 0) is 6.54 Å². The molecule has 0 saturated carbocycles. The summed E-state index contributed by atoms with van der Waals surface area (Å²) < 4.78 is 5.20. The van der Waals surface area contributed by atoms with E-state index in [4.69, 9.17) is 4.52 Å². The Labute approximate surface area is 85.9 Å². The molecule has 0 aliphatic rings. The van der Waals surface area contributed by atoms with Crippen molar-refractivity contribution in [1.82, 2.24) is 10.5 Å². The third-order valence-electron chi connectivity index (χ3n) is 1.95. The predicted molar refractivity (Wildman–Crippen MR) is 57.2 cm³/mol. The first kappa shape index (κ1) is 11.2. The minimum Gasteiger partial charge on any atom is -0.361 e. The highest BCUT2D eigenvalue weighted by Gasteiger charge is 2.11. The predicted octanol–water partition coefficient (Wildman–Crippen LogP) is 2.69. The molecule has 1 aromatic heterocycles. The van der Waals surface area contributed by atoms with Crippen molar-refractivity contribution >= 4 is 0 Å². The molecule has 0 atom stereocenters. The Balaban J connectivity index is 2.52. The van der Waals surface area contributed by atoms with E-state index < -0.39 is 0 Å². The summed E-state index contributed by atoms with van der Waals surface area (Å²) in [6.07, 6.45) is 0. The summed E-state index contributed by atoms with van der Waals surface area (Å²) in [7, 11) is 0. The van der Waals surface area contributed by atoms with Gasteiger partial charge >= 0.3 is 0 Å². The molecule has 0 aromatic carbocycles. The molecule has 0 fully saturated rings. The van der Waals surface area contributed by atoms with Crippen molar-refractivity contribution < 1.29 is 4.52 Å². The van der Waals surface area contributed by atoms with Gasteiger partial charge in [-0.15, -0.1) is 0 Å². The smallest absolute Gasteiger partial charge is 0.139 e. The Morgan fingerprint density at radius 3 is 2.50 bits per heavy atom. The molecule has 0 unspecified atom stereocenters. The van der Waals surface area contributed by atoms with E-state index in [2.05, 4.69) is 45.1 Å². The lowest BCUT2D eigenvalue weighted by Gasteiger charge is -2.19. The van der Waals surface area contributed by atoms with Gasteiger partial charge in [0.15, 0.2) is 0 Å². The molecule has 0 amide bonds. The first-order chi connectivity index (χ1) is 6.38. The summed E-state index contributed by atoms with van der Waals surface area (Å²) in [6, 6.07) is 2.02. The fourth-order valence-electron chi connectivity index (χ4n) is 1.04. The molecule has 1 heterocycles. The molecule has 3 heteroatoms. The van der Waals surface area contributed by atoms with Crippen LogP contribution in [0.4, 0.5) is 0 Å². The van der Waals surface area contributed by atoms with Crippen LogP contribution in [0, 0.1) is 0 Å². The number of hydrogen-bond acceptors (Lipinski definition) is 3. The lowest BCUT2D eigenvalue weighted by molar-refractivity contribution is 0.356. The third-order valence-corrected chi connectivity index (χ3v) is 1.95. The van der Waals surface area contributed by atoms with E-state index in [0.717, 1.165) is 18.0 Å². The molecule has 14 heavy (non-hydrogen) atoms. The maximum absolute atomic E-state index is 5.20. The summed E-state index contributed by atoms with van der Waals surface area (Å²) >= 11 is 0. The van der Waals surface area contributed by atoms with Gasteiger partial charge < -0.3 is 9.84 Å². The summed E-state index contributed by atoms with van der Waals surface area (Å²) in [5, 5.41) is 7.37. The normalized spacial score (nSPS) is 12.4. The van der Waals surface area contributed by atoms with E-state index in [1.807, 2.05) is 6.07 Å². The van der Waals surface area contributed by atoms with Crippen molar-refractivity contribution in [2.75, 3.05) is 0 Å². The summed E-state index contributed by atoms with van der Waals surface area (Å²) in [6.45, 7) is 11.4. The Bertz CT molecular complexity index is 284. The molecule has 0 spiro atoms. The second kappa shape index (κ2) is 4.13. The molecule has 80 valence electrons. The highest BCUT2D eigenvalue weighted by molar-refractivity contribution is 5.08. The van der Waals surface area contributed by atoms with Crippen molar-refractivity contribution in [2.45, 2.75) is 52.6 Å². The molecule has 0 radical (unpaired) electrons. The number of nitrogens with zero attached hydrogens (tertiary/aromatic N) is 1. The zero-order valence-electron chi connectivity index (χ0n) is 9.72. The molecule has 1 N–H and O–H groups in total. The maximum atomic E-state index is 5.20. The summed E-state index contributed by atoms with van der Waals surface area (Å²) in [5.41, 5.74) is 1.10. The molecule has 3 nitrogen and oxygen atoms in total. The molecule has 0 bridgehead atoms. The highest BCUT2D eigenvalue weighted by Crippen LogP contribution is 2.15. The van der Waals surface area contributed by atoms with Crippen molar-refractivity contribution in [3.05, 3.63) is 17.5 Å². The number of hydrogen-bond donors (Lipinski definition) is 1. The van der Waals surface area contributed by atoms with Gasteiger partial charge in [-0.05, 0) is 20.8 Å². The minimum absolute atomic E-state index is 0.122. The molecule has 1 rings (SSSR count). The lowest BCUT2D eigenvalue weighted by Crippen LogP contribution is -2.35. The van der Waals surface area contributed by atoms with Gasteiger partial charge in [0, 0.05) is 24.1 Å². The molecule has 0 aliphatic heterocycles. The van der Waals surface area contributed by atoms with Crippen LogP contribution in [0.15, 0.2) is 10.6 Å². The Morgan fingerprint density at radius 2 is 2.07 bits per heavy atom. The Hall–Kier alpha value is -0.830. The topological polar surface area (TPSA) is 38.1 Å². The van der Waals surface area contributed by atoms with E-state index in [1.165, 1.54) is 0 Å². The SMILES string of the molecule is CC(C)c1cc(CNC(C)(C)C)no1. The summed E-state index contributed by atoms with van der Waals surface area (Å²) in [5.74, 6) is 1.36. The van der Waals surface area contributed by atoms with Gasteiger partial charge in [0.2, 0.25) is 0 Å². The lowest BCUT2D eigenvalue weighted by atomic mass is 10.1. The summed E-state index contributed by atoms with van der Waals surface area (Å²) in [4.78, 5) is 0. The van der Waals surface area contributed by atoms with Crippen molar-refractivity contribution in [2.24, 2.45) is 0 Å². The fraction of sp³-hybridized carbons (Fsp3) is 0.727. The maximum Gasteiger partial charge on any atom is 0.139 e. The highest BCUT2D eigenvalue weighted by atomic mass is 16.5. The zero-order chi connectivity index (χ0) is 10.8. The van der Waals surface area contributed by atoms with Gasteiger partial charge in [-0.2, -0.15) is 0 Å². The second-order valence-corrected chi connectivity index (χ2v) is 4.98. The quantitative estimate of drug-likeness (QED) is 0.807. The van der Waals surface area contributed by atoms with Crippen molar-refractivity contribution in [3.8, 4) is 0 Å². The monoisotopic (exact) mass is 196 g/mol. The van der Waals surface area contributed by atoms with Crippen LogP contribution >= 0.6 is 0 Å². The van der Waals surface area contributed by atoms with Crippen LogP contribution in [-0.4, -0.2) is 10.7 Å². The van der Waals surface area contributed by atoms with Crippen LogP contribution in [0.2, 0.25) is 0 Å². The second-order valence-electron chi connectivity index (χ2n) is 4.98. The van der Waals surface area contributed by atoms with Gasteiger partial charge in [0.1, 0.15) is 5.76 Å². The van der Waals surface area contributed by atoms with E-state index >= 15 is 0 Å². The fourth-order valence-corrected chi connectivity index (χ4v) is 1.04. The van der Waals surface area contributed by atoms with Crippen molar-refractivity contribution in [3.63, 3.8) is 0 Å². The van der Waals surface area contributed by atoms with Crippen LogP contribution in [0.1, 0.15) is 52.0 Å². The Kier molecular flexibility index (Phi) is 3.32. The first-order valence-electron chi connectivity index (χ1n) is 5.09. The molecular formula is C11H20N2O. The van der Waals surface area contributed by atoms with E-state index in [0.29, 0.717) is 5.92 Å². The standard InChI is InChI=1S/C11H20N2O/c1-8(2)10-6-9(13-14-10)7-12-11(3,4)5/h6,8,12H,7H2,1-5H3. The number of rotatable bonds is 3. The average Bonchev–Trinajstić information content (AvgIpc) is 2.47. The van der Waals surface area contributed by atoms with Crippen LogP contribution < -0.4 is 5.32 Å². The zero-order valence-corrected chi connectivity index (χ0v) is 9.72. The molecule has 0 saturated heterocycles.